The molecule has 1 unspecified atom stereocenters. The SMILES string of the molecule is CCOc1ccccc1NC(=O)CN1CCc2cc(OC)c(OC)cc2C1CC(=O)O. The van der Waals surface area contributed by atoms with E-state index in [9.17, 15) is 14.7 Å². The number of rotatable bonds is 9. The molecule has 1 aliphatic rings. The molecule has 2 aromatic rings. The van der Waals surface area contributed by atoms with Crippen molar-refractivity contribution in [3.8, 4) is 17.2 Å². The Morgan fingerprint density at radius 1 is 1.13 bits per heavy atom. The molecule has 0 aromatic heterocycles. The van der Waals surface area contributed by atoms with Crippen LogP contribution in [0.1, 0.15) is 30.5 Å². The van der Waals surface area contributed by atoms with Gasteiger partial charge in [-0.25, -0.2) is 0 Å². The van der Waals surface area contributed by atoms with Gasteiger partial charge >= 0.3 is 5.97 Å². The van der Waals surface area contributed by atoms with Crippen LogP contribution in [0.5, 0.6) is 17.2 Å². The van der Waals surface area contributed by atoms with Crippen molar-refractivity contribution in [1.82, 2.24) is 4.90 Å². The Labute approximate surface area is 181 Å². The maximum Gasteiger partial charge on any atom is 0.305 e. The summed E-state index contributed by atoms with van der Waals surface area (Å²) in [6, 6.07) is 10.5. The number of fused-ring (bicyclic) bond motifs is 1. The Kier molecular flexibility index (Phi) is 7.36. The maximum absolute atomic E-state index is 12.8. The van der Waals surface area contributed by atoms with Crippen LogP contribution in [0.3, 0.4) is 0 Å². The topological polar surface area (TPSA) is 97.3 Å². The monoisotopic (exact) mass is 428 g/mol. The molecule has 0 saturated carbocycles. The molecule has 8 nitrogen and oxygen atoms in total. The standard InChI is InChI=1S/C23H28N2O6/c1-4-31-19-8-6-5-7-17(19)24-22(26)14-25-10-9-15-11-20(29-2)21(30-3)12-16(15)18(25)13-23(27)28/h5-8,11-12,18H,4,9-10,13-14H2,1-3H3,(H,24,26)(H,27,28). The molecule has 1 heterocycles. The Bertz CT molecular complexity index is 946. The Morgan fingerprint density at radius 2 is 1.84 bits per heavy atom. The molecule has 0 bridgehead atoms. The number of amides is 1. The van der Waals surface area contributed by atoms with Crippen molar-refractivity contribution in [2.75, 3.05) is 39.2 Å². The van der Waals surface area contributed by atoms with E-state index in [2.05, 4.69) is 5.32 Å². The Balaban J connectivity index is 1.82. The summed E-state index contributed by atoms with van der Waals surface area (Å²) in [6.45, 7) is 2.98. The van der Waals surface area contributed by atoms with Crippen LogP contribution < -0.4 is 19.5 Å². The van der Waals surface area contributed by atoms with Crippen LogP contribution in [0.2, 0.25) is 0 Å². The molecule has 0 radical (unpaired) electrons. The maximum atomic E-state index is 12.8. The number of carbonyl (C=O) groups is 2. The summed E-state index contributed by atoms with van der Waals surface area (Å²) < 4.78 is 16.3. The predicted octanol–water partition coefficient (Wildman–Crippen LogP) is 3.12. The molecule has 0 spiro atoms. The molecule has 1 atom stereocenters. The molecule has 0 fully saturated rings. The number of benzene rings is 2. The van der Waals surface area contributed by atoms with Crippen LogP contribution in [0.4, 0.5) is 5.69 Å². The third kappa shape index (κ3) is 5.27. The van der Waals surface area contributed by atoms with Crippen LogP contribution in [-0.4, -0.2) is 55.8 Å². The van der Waals surface area contributed by atoms with E-state index in [1.165, 1.54) is 0 Å². The fourth-order valence-electron chi connectivity index (χ4n) is 3.90. The largest absolute Gasteiger partial charge is 0.493 e. The second kappa shape index (κ2) is 10.2. The highest BCUT2D eigenvalue weighted by molar-refractivity contribution is 5.93. The summed E-state index contributed by atoms with van der Waals surface area (Å²) in [4.78, 5) is 26.3. The van der Waals surface area contributed by atoms with Crippen LogP contribution in [0, 0.1) is 0 Å². The molecule has 166 valence electrons. The zero-order valence-electron chi connectivity index (χ0n) is 18.0. The van der Waals surface area contributed by atoms with Crippen LogP contribution in [0.25, 0.3) is 0 Å². The highest BCUT2D eigenvalue weighted by Gasteiger charge is 2.32. The normalized spacial score (nSPS) is 15.6. The number of methoxy groups -OCH3 is 2. The molecule has 31 heavy (non-hydrogen) atoms. The van der Waals surface area contributed by atoms with E-state index in [1.54, 1.807) is 26.4 Å². The molecule has 3 rings (SSSR count). The van der Waals surface area contributed by atoms with E-state index >= 15 is 0 Å². The number of nitrogens with zero attached hydrogens (tertiary/aromatic N) is 1. The van der Waals surface area contributed by atoms with Gasteiger partial charge in [-0.2, -0.15) is 0 Å². The van der Waals surface area contributed by atoms with Gasteiger partial charge in [0.25, 0.3) is 0 Å². The molecule has 1 amide bonds. The Morgan fingerprint density at radius 3 is 2.52 bits per heavy atom. The lowest BCUT2D eigenvalue weighted by Gasteiger charge is -2.36. The van der Waals surface area contributed by atoms with Crippen LogP contribution in [-0.2, 0) is 16.0 Å². The second-order valence-electron chi connectivity index (χ2n) is 7.22. The summed E-state index contributed by atoms with van der Waals surface area (Å²) in [6.07, 6.45) is 0.555. The van der Waals surface area contributed by atoms with E-state index in [0.29, 0.717) is 42.5 Å². The predicted molar refractivity (Wildman–Crippen MR) is 116 cm³/mol. The minimum absolute atomic E-state index is 0.0617. The first kappa shape index (κ1) is 22.4. The van der Waals surface area contributed by atoms with Crippen molar-refractivity contribution in [3.63, 3.8) is 0 Å². The minimum Gasteiger partial charge on any atom is -0.493 e. The average molecular weight is 428 g/mol. The van der Waals surface area contributed by atoms with E-state index in [-0.39, 0.29) is 18.9 Å². The van der Waals surface area contributed by atoms with Crippen molar-refractivity contribution in [3.05, 3.63) is 47.5 Å². The van der Waals surface area contributed by atoms with Crippen molar-refractivity contribution in [2.45, 2.75) is 25.8 Å². The number of carbonyl (C=O) groups excluding carboxylic acids is 1. The number of anilines is 1. The number of carboxylic acid groups (broad SMARTS) is 1. The van der Waals surface area contributed by atoms with Gasteiger partial charge in [0.2, 0.25) is 5.91 Å². The number of hydrogen-bond acceptors (Lipinski definition) is 6. The van der Waals surface area contributed by atoms with Crippen LogP contribution in [0.15, 0.2) is 36.4 Å². The lowest BCUT2D eigenvalue weighted by molar-refractivity contribution is -0.139. The van der Waals surface area contributed by atoms with Gasteiger partial charge in [0.15, 0.2) is 11.5 Å². The smallest absolute Gasteiger partial charge is 0.305 e. The van der Waals surface area contributed by atoms with E-state index in [4.69, 9.17) is 14.2 Å². The summed E-state index contributed by atoms with van der Waals surface area (Å²) in [5, 5.41) is 12.4. The van der Waals surface area contributed by atoms with Gasteiger partial charge in [0.05, 0.1) is 39.5 Å². The molecule has 1 aliphatic heterocycles. The van der Waals surface area contributed by atoms with Crippen molar-refractivity contribution < 1.29 is 28.9 Å². The molecule has 8 heteroatoms. The first-order chi connectivity index (χ1) is 15.0. The molecular formula is C23H28N2O6. The molecule has 0 saturated heterocycles. The molecule has 2 aromatic carbocycles. The number of hydrogen-bond donors (Lipinski definition) is 2. The van der Waals surface area contributed by atoms with Crippen molar-refractivity contribution in [2.24, 2.45) is 0 Å². The fourth-order valence-corrected chi connectivity index (χ4v) is 3.90. The van der Waals surface area contributed by atoms with E-state index < -0.39 is 12.0 Å². The number of aliphatic carboxylic acids is 1. The first-order valence-electron chi connectivity index (χ1n) is 10.2. The summed E-state index contributed by atoms with van der Waals surface area (Å²) >= 11 is 0. The summed E-state index contributed by atoms with van der Waals surface area (Å²) in [5.41, 5.74) is 2.43. The zero-order chi connectivity index (χ0) is 22.4. The Hall–Kier alpha value is -3.26. The first-order valence-corrected chi connectivity index (χ1v) is 10.2. The van der Waals surface area contributed by atoms with E-state index in [1.807, 2.05) is 36.1 Å². The summed E-state index contributed by atoms with van der Waals surface area (Å²) in [7, 11) is 3.11. The fraction of sp³-hybridized carbons (Fsp3) is 0.391. The van der Waals surface area contributed by atoms with Gasteiger partial charge in [-0.05, 0) is 48.7 Å². The van der Waals surface area contributed by atoms with Gasteiger partial charge in [-0.15, -0.1) is 0 Å². The quantitative estimate of drug-likeness (QED) is 0.633. The highest BCUT2D eigenvalue weighted by atomic mass is 16.5. The van der Waals surface area contributed by atoms with Crippen molar-refractivity contribution in [1.29, 1.82) is 0 Å². The zero-order valence-corrected chi connectivity index (χ0v) is 18.0. The van der Waals surface area contributed by atoms with Crippen molar-refractivity contribution >= 4 is 17.6 Å². The third-order valence-corrected chi connectivity index (χ3v) is 5.29. The van der Waals surface area contributed by atoms with Gasteiger partial charge in [0.1, 0.15) is 5.75 Å². The van der Waals surface area contributed by atoms with Gasteiger partial charge < -0.3 is 24.6 Å². The number of nitrogens with one attached hydrogen (secondary N) is 1. The van der Waals surface area contributed by atoms with Gasteiger partial charge in [0, 0.05) is 12.6 Å². The number of carboxylic acids is 1. The third-order valence-electron chi connectivity index (χ3n) is 5.29. The van der Waals surface area contributed by atoms with Gasteiger partial charge in [-0.1, -0.05) is 12.1 Å². The lowest BCUT2D eigenvalue weighted by Crippen LogP contribution is -2.41. The molecular weight excluding hydrogens is 400 g/mol. The number of ether oxygens (including phenoxy) is 3. The average Bonchev–Trinajstić information content (AvgIpc) is 2.75. The number of para-hydroxylation sites is 2. The van der Waals surface area contributed by atoms with Gasteiger partial charge in [-0.3, -0.25) is 14.5 Å². The summed E-state index contributed by atoms with van der Waals surface area (Å²) in [5.74, 6) is 0.579. The lowest BCUT2D eigenvalue weighted by atomic mass is 9.90. The van der Waals surface area contributed by atoms with Crippen LogP contribution >= 0.6 is 0 Å². The molecule has 0 aliphatic carbocycles. The molecule has 2 N–H and O–H groups in total. The highest BCUT2D eigenvalue weighted by Crippen LogP contribution is 2.39. The van der Waals surface area contributed by atoms with E-state index in [0.717, 1.165) is 11.1 Å². The second-order valence-corrected chi connectivity index (χ2v) is 7.22. The minimum atomic E-state index is -0.931.